The van der Waals surface area contributed by atoms with E-state index in [1.165, 1.54) is 38.8 Å². The fourth-order valence-corrected chi connectivity index (χ4v) is 3.76. The van der Waals surface area contributed by atoms with Crippen LogP contribution in [0.25, 0.3) is 0 Å². The van der Waals surface area contributed by atoms with E-state index in [2.05, 4.69) is 27.1 Å². The summed E-state index contributed by atoms with van der Waals surface area (Å²) in [7, 11) is 1.87. The molecule has 0 bridgehead atoms. The maximum Gasteiger partial charge on any atom is 0.246 e. The summed E-state index contributed by atoms with van der Waals surface area (Å²) in [6.45, 7) is 8.81. The van der Waals surface area contributed by atoms with Crippen LogP contribution in [0.4, 0.5) is 5.69 Å². The zero-order chi connectivity index (χ0) is 19.1. The van der Waals surface area contributed by atoms with E-state index in [-0.39, 0.29) is 5.91 Å². The van der Waals surface area contributed by atoms with Crippen LogP contribution in [0.2, 0.25) is 0 Å². The molecule has 1 aromatic heterocycles. The number of guanidine groups is 1. The van der Waals surface area contributed by atoms with Crippen molar-refractivity contribution in [3.8, 4) is 0 Å². The maximum absolute atomic E-state index is 12.6. The molecule has 8 heteroatoms. The molecular formula is C19H33N7O. The van der Waals surface area contributed by atoms with Crippen LogP contribution in [0.5, 0.6) is 0 Å². The van der Waals surface area contributed by atoms with Crippen molar-refractivity contribution in [3.05, 3.63) is 12.4 Å². The number of anilines is 1. The third-order valence-corrected chi connectivity index (χ3v) is 5.23. The van der Waals surface area contributed by atoms with E-state index in [0.29, 0.717) is 13.1 Å². The van der Waals surface area contributed by atoms with Gasteiger partial charge in [0.1, 0.15) is 6.54 Å². The Morgan fingerprint density at radius 1 is 1.19 bits per heavy atom. The number of carbonyl (C=O) groups is 1. The predicted molar refractivity (Wildman–Crippen MR) is 108 cm³/mol. The van der Waals surface area contributed by atoms with Crippen LogP contribution in [0.3, 0.4) is 0 Å². The van der Waals surface area contributed by atoms with Gasteiger partial charge in [0.25, 0.3) is 0 Å². The van der Waals surface area contributed by atoms with Crippen LogP contribution >= 0.6 is 0 Å². The first-order chi connectivity index (χ1) is 13.2. The second kappa shape index (κ2) is 9.73. The average Bonchev–Trinajstić information content (AvgIpc) is 2.92. The highest BCUT2D eigenvalue weighted by molar-refractivity contribution is 5.98. The summed E-state index contributed by atoms with van der Waals surface area (Å²) in [6.07, 6.45) is 8.93. The van der Waals surface area contributed by atoms with Gasteiger partial charge in [0.05, 0.1) is 18.4 Å². The van der Waals surface area contributed by atoms with Crippen molar-refractivity contribution in [2.75, 3.05) is 57.3 Å². The van der Waals surface area contributed by atoms with Gasteiger partial charge >= 0.3 is 0 Å². The number of nitrogens with one attached hydrogen (secondary N) is 1. The monoisotopic (exact) mass is 375 g/mol. The summed E-state index contributed by atoms with van der Waals surface area (Å²) < 4.78 is 1.73. The molecule has 27 heavy (non-hydrogen) atoms. The molecule has 0 aliphatic carbocycles. The summed E-state index contributed by atoms with van der Waals surface area (Å²) in [6, 6.07) is 0. The molecule has 0 atom stereocenters. The first-order valence-corrected chi connectivity index (χ1v) is 10.2. The van der Waals surface area contributed by atoms with Crippen molar-refractivity contribution >= 4 is 17.6 Å². The molecule has 3 rings (SSSR count). The molecule has 0 saturated carbocycles. The Balaban J connectivity index is 1.55. The first kappa shape index (κ1) is 19.7. The maximum atomic E-state index is 12.6. The van der Waals surface area contributed by atoms with Crippen LogP contribution < -0.4 is 10.2 Å². The van der Waals surface area contributed by atoms with E-state index in [9.17, 15) is 4.79 Å². The summed E-state index contributed by atoms with van der Waals surface area (Å²) in [4.78, 5) is 23.8. The van der Waals surface area contributed by atoms with Crippen molar-refractivity contribution in [2.45, 2.75) is 32.6 Å². The lowest BCUT2D eigenvalue weighted by molar-refractivity contribution is -0.120. The van der Waals surface area contributed by atoms with Gasteiger partial charge in [-0.25, -0.2) is 0 Å². The molecule has 1 N–H and O–H groups in total. The Labute approximate surface area is 162 Å². The zero-order valence-corrected chi connectivity index (χ0v) is 16.7. The van der Waals surface area contributed by atoms with Crippen LogP contribution in [0, 0.1) is 0 Å². The number of nitrogens with zero attached hydrogens (tertiary/aromatic N) is 6. The second-order valence-electron chi connectivity index (χ2n) is 7.33. The van der Waals surface area contributed by atoms with Crippen LogP contribution in [0.1, 0.15) is 32.6 Å². The first-order valence-electron chi connectivity index (χ1n) is 10.2. The predicted octanol–water partition coefficient (Wildman–Crippen LogP) is 0.910. The minimum Gasteiger partial charge on any atom is -0.357 e. The molecule has 1 aromatic rings. The van der Waals surface area contributed by atoms with Gasteiger partial charge in [0.2, 0.25) is 5.91 Å². The fraction of sp³-hybridized carbons (Fsp3) is 0.737. The number of hydrogen-bond acceptors (Lipinski definition) is 4. The Morgan fingerprint density at radius 2 is 1.96 bits per heavy atom. The van der Waals surface area contributed by atoms with Crippen molar-refractivity contribution in [1.29, 1.82) is 0 Å². The van der Waals surface area contributed by atoms with Gasteiger partial charge in [-0.05, 0) is 32.9 Å². The van der Waals surface area contributed by atoms with E-state index in [0.717, 1.165) is 37.8 Å². The van der Waals surface area contributed by atoms with E-state index >= 15 is 0 Å². The normalized spacial score (nSPS) is 20.1. The Morgan fingerprint density at radius 3 is 2.59 bits per heavy atom. The standard InChI is InChI=1S/C19H33N7O/c1-3-20-19(21-8-11-24-9-6-4-5-7-10-24)25-12-13-26(18(27)16-25)17-14-22-23(2)15-17/h14-15H,3-13,16H2,1-2H3,(H,20,21). The van der Waals surface area contributed by atoms with Crippen molar-refractivity contribution in [3.63, 3.8) is 0 Å². The Kier molecular flexibility index (Phi) is 7.09. The van der Waals surface area contributed by atoms with Gasteiger partial charge in [0, 0.05) is 39.4 Å². The molecule has 2 aliphatic rings. The summed E-state index contributed by atoms with van der Waals surface area (Å²) in [5.74, 6) is 0.943. The second-order valence-corrected chi connectivity index (χ2v) is 7.33. The average molecular weight is 376 g/mol. The van der Waals surface area contributed by atoms with E-state index in [1.54, 1.807) is 10.9 Å². The molecule has 0 radical (unpaired) electrons. The van der Waals surface area contributed by atoms with Crippen molar-refractivity contribution in [2.24, 2.45) is 12.0 Å². The summed E-state index contributed by atoms with van der Waals surface area (Å²) in [5, 5.41) is 7.52. The molecule has 2 fully saturated rings. The van der Waals surface area contributed by atoms with Gasteiger partial charge < -0.3 is 20.0 Å². The molecule has 0 spiro atoms. The number of aryl methyl sites for hydroxylation is 1. The highest BCUT2D eigenvalue weighted by Gasteiger charge is 2.27. The SMILES string of the molecule is CCNC(=NCCN1CCCCCC1)N1CCN(c2cnn(C)c2)C(=O)C1. The fourth-order valence-electron chi connectivity index (χ4n) is 3.76. The van der Waals surface area contributed by atoms with E-state index in [1.807, 2.05) is 18.1 Å². The largest absolute Gasteiger partial charge is 0.357 e. The minimum absolute atomic E-state index is 0.0902. The van der Waals surface area contributed by atoms with Gasteiger partial charge in [-0.2, -0.15) is 5.10 Å². The molecule has 3 heterocycles. The number of aliphatic imine (C=N–C) groups is 1. The molecule has 150 valence electrons. The summed E-state index contributed by atoms with van der Waals surface area (Å²) >= 11 is 0. The number of rotatable bonds is 5. The number of carbonyl (C=O) groups excluding carboxylic acids is 1. The highest BCUT2D eigenvalue weighted by atomic mass is 16.2. The topological polar surface area (TPSA) is 69.0 Å². The van der Waals surface area contributed by atoms with Crippen molar-refractivity contribution < 1.29 is 4.79 Å². The van der Waals surface area contributed by atoms with Crippen LogP contribution in [-0.4, -0.2) is 83.8 Å². The number of amides is 1. The quantitative estimate of drug-likeness (QED) is 0.612. The number of likely N-dealkylation sites (tertiary alicyclic amines) is 1. The molecule has 2 saturated heterocycles. The van der Waals surface area contributed by atoms with Crippen molar-refractivity contribution in [1.82, 2.24) is 24.9 Å². The van der Waals surface area contributed by atoms with Crippen LogP contribution in [0.15, 0.2) is 17.4 Å². The van der Waals surface area contributed by atoms with Gasteiger partial charge in [-0.3, -0.25) is 14.5 Å². The lowest BCUT2D eigenvalue weighted by Crippen LogP contribution is -2.55. The number of hydrogen-bond donors (Lipinski definition) is 1. The zero-order valence-electron chi connectivity index (χ0n) is 16.7. The van der Waals surface area contributed by atoms with Gasteiger partial charge in [-0.15, -0.1) is 0 Å². The van der Waals surface area contributed by atoms with Gasteiger partial charge in [0.15, 0.2) is 5.96 Å². The smallest absolute Gasteiger partial charge is 0.246 e. The van der Waals surface area contributed by atoms with E-state index < -0.39 is 0 Å². The summed E-state index contributed by atoms with van der Waals surface area (Å²) in [5.41, 5.74) is 0.866. The lowest BCUT2D eigenvalue weighted by Gasteiger charge is -2.35. The third kappa shape index (κ3) is 5.45. The highest BCUT2D eigenvalue weighted by Crippen LogP contribution is 2.16. The molecule has 0 aromatic carbocycles. The number of aromatic nitrogens is 2. The third-order valence-electron chi connectivity index (χ3n) is 5.23. The van der Waals surface area contributed by atoms with Gasteiger partial charge in [-0.1, -0.05) is 12.8 Å². The molecule has 8 nitrogen and oxygen atoms in total. The number of piperazine rings is 1. The minimum atomic E-state index is 0.0902. The molecule has 0 unspecified atom stereocenters. The molecule has 2 aliphatic heterocycles. The van der Waals surface area contributed by atoms with E-state index in [4.69, 9.17) is 4.99 Å². The molecule has 1 amide bonds. The molecular weight excluding hydrogens is 342 g/mol. The Hall–Kier alpha value is -2.09. The van der Waals surface area contributed by atoms with Crippen LogP contribution in [-0.2, 0) is 11.8 Å². The Bertz CT molecular complexity index is 634. The lowest BCUT2D eigenvalue weighted by atomic mass is 10.2.